The zero-order chi connectivity index (χ0) is 9.36. The fraction of sp³-hybridized carbons (Fsp3) is 0.500. The van der Waals surface area contributed by atoms with E-state index in [2.05, 4.69) is 30.3 Å². The molecule has 1 heteroatoms. The molecule has 0 amide bonds. The summed E-state index contributed by atoms with van der Waals surface area (Å²) >= 11 is 0. The van der Waals surface area contributed by atoms with E-state index in [1.165, 1.54) is 31.2 Å². The standard InChI is InChI=1S/C12H18N/c13-11-7-2-1-4-8-12-9-5-3-6-10-12/h3,5-6,9-10,13H,1-2,4,7-8,11H2. The van der Waals surface area contributed by atoms with Crippen LogP contribution in [0.2, 0.25) is 0 Å². The van der Waals surface area contributed by atoms with Crippen LogP contribution in [-0.2, 0) is 6.42 Å². The Morgan fingerprint density at radius 3 is 2.23 bits per heavy atom. The molecular weight excluding hydrogens is 158 g/mol. The van der Waals surface area contributed by atoms with Gasteiger partial charge in [-0.3, -0.25) is 5.73 Å². The van der Waals surface area contributed by atoms with Gasteiger partial charge in [0.1, 0.15) is 0 Å². The highest BCUT2D eigenvalue weighted by Crippen LogP contribution is 2.06. The Morgan fingerprint density at radius 2 is 1.54 bits per heavy atom. The summed E-state index contributed by atoms with van der Waals surface area (Å²) in [6.45, 7) is 0.589. The van der Waals surface area contributed by atoms with E-state index in [0.717, 1.165) is 6.42 Å². The normalized spacial score (nSPS) is 10.2. The Balaban J connectivity index is 2.07. The molecule has 1 radical (unpaired) electrons. The van der Waals surface area contributed by atoms with Gasteiger partial charge in [-0.05, 0) is 24.8 Å². The smallest absolute Gasteiger partial charge is 0.00997 e. The molecule has 0 aliphatic carbocycles. The van der Waals surface area contributed by atoms with Gasteiger partial charge in [0.15, 0.2) is 0 Å². The van der Waals surface area contributed by atoms with Crippen molar-refractivity contribution in [3.05, 3.63) is 35.9 Å². The summed E-state index contributed by atoms with van der Waals surface area (Å²) in [5.74, 6) is 0. The van der Waals surface area contributed by atoms with E-state index in [1.807, 2.05) is 0 Å². The number of nitrogens with one attached hydrogen (secondary N) is 1. The summed E-state index contributed by atoms with van der Waals surface area (Å²) in [5, 5.41) is 0. The van der Waals surface area contributed by atoms with Crippen LogP contribution in [0.5, 0.6) is 0 Å². The van der Waals surface area contributed by atoms with Crippen molar-refractivity contribution in [1.29, 1.82) is 0 Å². The molecule has 0 unspecified atom stereocenters. The molecular formula is C12H18N. The number of unbranched alkanes of at least 4 members (excludes halogenated alkanes) is 3. The average molecular weight is 176 g/mol. The summed E-state index contributed by atoms with van der Waals surface area (Å²) in [6, 6.07) is 10.6. The fourth-order valence-electron chi connectivity index (χ4n) is 1.45. The quantitative estimate of drug-likeness (QED) is 0.595. The van der Waals surface area contributed by atoms with Crippen molar-refractivity contribution < 1.29 is 0 Å². The SMILES string of the molecule is [NH]CCCCCCc1ccccc1. The van der Waals surface area contributed by atoms with Crippen molar-refractivity contribution in [2.24, 2.45) is 0 Å². The highest BCUT2D eigenvalue weighted by Gasteiger charge is 1.91. The Morgan fingerprint density at radius 1 is 0.846 bits per heavy atom. The van der Waals surface area contributed by atoms with Crippen molar-refractivity contribution in [3.8, 4) is 0 Å². The van der Waals surface area contributed by atoms with E-state index in [1.54, 1.807) is 0 Å². The predicted molar refractivity (Wildman–Crippen MR) is 56.6 cm³/mol. The van der Waals surface area contributed by atoms with Crippen LogP contribution in [0.25, 0.3) is 0 Å². The van der Waals surface area contributed by atoms with E-state index in [0.29, 0.717) is 6.54 Å². The van der Waals surface area contributed by atoms with Gasteiger partial charge in [0, 0.05) is 6.54 Å². The largest absolute Gasteiger partial charge is 0.258 e. The maximum Gasteiger partial charge on any atom is 0.00997 e. The molecule has 0 saturated carbocycles. The van der Waals surface area contributed by atoms with Crippen LogP contribution in [0.15, 0.2) is 30.3 Å². The molecule has 1 rings (SSSR count). The van der Waals surface area contributed by atoms with Crippen molar-refractivity contribution in [3.63, 3.8) is 0 Å². The highest BCUT2D eigenvalue weighted by atomic mass is 14.5. The zero-order valence-corrected chi connectivity index (χ0v) is 8.13. The molecule has 0 spiro atoms. The van der Waals surface area contributed by atoms with E-state index in [4.69, 9.17) is 5.73 Å². The molecule has 0 saturated heterocycles. The molecule has 0 bridgehead atoms. The molecule has 0 atom stereocenters. The third-order valence-corrected chi connectivity index (χ3v) is 2.24. The second kappa shape index (κ2) is 6.67. The van der Waals surface area contributed by atoms with Gasteiger partial charge in [0.05, 0.1) is 0 Å². The zero-order valence-electron chi connectivity index (χ0n) is 8.13. The number of hydrogen-bond donors (Lipinski definition) is 0. The first-order valence-corrected chi connectivity index (χ1v) is 5.12. The summed E-state index contributed by atoms with van der Waals surface area (Å²) < 4.78 is 0. The Kier molecular flexibility index (Phi) is 5.27. The van der Waals surface area contributed by atoms with E-state index in [-0.39, 0.29) is 0 Å². The summed E-state index contributed by atoms with van der Waals surface area (Å²) in [4.78, 5) is 0. The van der Waals surface area contributed by atoms with Gasteiger partial charge in [-0.1, -0.05) is 43.2 Å². The Bertz CT molecular complexity index is 206. The molecule has 0 heterocycles. The maximum atomic E-state index is 7.00. The van der Waals surface area contributed by atoms with Crippen LogP contribution in [0.1, 0.15) is 31.2 Å². The van der Waals surface area contributed by atoms with Crippen LogP contribution in [0.4, 0.5) is 0 Å². The molecule has 1 aromatic rings. The van der Waals surface area contributed by atoms with Gasteiger partial charge in [0.25, 0.3) is 0 Å². The fourth-order valence-corrected chi connectivity index (χ4v) is 1.45. The summed E-state index contributed by atoms with van der Waals surface area (Å²) in [6.07, 6.45) is 6.02. The molecule has 1 nitrogen and oxygen atoms in total. The minimum Gasteiger partial charge on any atom is -0.258 e. The van der Waals surface area contributed by atoms with Gasteiger partial charge in [0.2, 0.25) is 0 Å². The van der Waals surface area contributed by atoms with Crippen molar-refractivity contribution >= 4 is 0 Å². The Hall–Kier alpha value is -0.820. The second-order valence-corrected chi connectivity index (χ2v) is 3.40. The van der Waals surface area contributed by atoms with Crippen LogP contribution in [-0.4, -0.2) is 6.54 Å². The lowest BCUT2D eigenvalue weighted by molar-refractivity contribution is 0.643. The minimum atomic E-state index is 0.589. The molecule has 13 heavy (non-hydrogen) atoms. The summed E-state index contributed by atoms with van der Waals surface area (Å²) in [5.41, 5.74) is 8.44. The van der Waals surface area contributed by atoms with Crippen molar-refractivity contribution in [1.82, 2.24) is 5.73 Å². The monoisotopic (exact) mass is 176 g/mol. The molecule has 71 valence electrons. The van der Waals surface area contributed by atoms with E-state index in [9.17, 15) is 0 Å². The summed E-state index contributed by atoms with van der Waals surface area (Å²) in [7, 11) is 0. The molecule has 0 fully saturated rings. The lowest BCUT2D eigenvalue weighted by Gasteiger charge is -2.00. The highest BCUT2D eigenvalue weighted by molar-refractivity contribution is 5.14. The molecule has 0 aliphatic rings. The van der Waals surface area contributed by atoms with Crippen LogP contribution in [0, 0.1) is 0 Å². The van der Waals surface area contributed by atoms with E-state index >= 15 is 0 Å². The van der Waals surface area contributed by atoms with Gasteiger partial charge in [-0.25, -0.2) is 0 Å². The van der Waals surface area contributed by atoms with Gasteiger partial charge >= 0.3 is 0 Å². The van der Waals surface area contributed by atoms with Gasteiger partial charge in [-0.15, -0.1) is 0 Å². The van der Waals surface area contributed by atoms with Gasteiger partial charge in [-0.2, -0.15) is 0 Å². The van der Waals surface area contributed by atoms with Crippen molar-refractivity contribution in [2.75, 3.05) is 6.54 Å². The van der Waals surface area contributed by atoms with Crippen LogP contribution >= 0.6 is 0 Å². The van der Waals surface area contributed by atoms with Crippen molar-refractivity contribution in [2.45, 2.75) is 32.1 Å². The lowest BCUT2D eigenvalue weighted by atomic mass is 10.1. The Labute approximate surface area is 81.0 Å². The van der Waals surface area contributed by atoms with E-state index < -0.39 is 0 Å². The van der Waals surface area contributed by atoms with Crippen LogP contribution < -0.4 is 5.73 Å². The first kappa shape index (κ1) is 10.3. The number of benzene rings is 1. The molecule has 0 aliphatic heterocycles. The first-order valence-electron chi connectivity index (χ1n) is 5.12. The number of aryl methyl sites for hydroxylation is 1. The molecule has 1 N–H and O–H groups in total. The predicted octanol–water partition coefficient (Wildman–Crippen LogP) is 3.07. The first-order chi connectivity index (χ1) is 6.43. The average Bonchev–Trinajstić information content (AvgIpc) is 2.19. The molecule has 0 aromatic heterocycles. The number of hydrogen-bond acceptors (Lipinski definition) is 0. The minimum absolute atomic E-state index is 0.589. The second-order valence-electron chi connectivity index (χ2n) is 3.40. The topological polar surface area (TPSA) is 23.8 Å². The lowest BCUT2D eigenvalue weighted by Crippen LogP contribution is -1.88. The molecule has 1 aromatic carbocycles. The van der Waals surface area contributed by atoms with Crippen LogP contribution in [0.3, 0.4) is 0 Å². The number of rotatable bonds is 6. The van der Waals surface area contributed by atoms with Gasteiger partial charge < -0.3 is 0 Å². The third kappa shape index (κ3) is 4.69. The third-order valence-electron chi connectivity index (χ3n) is 2.24. The maximum absolute atomic E-state index is 7.00.